The quantitative estimate of drug-likeness (QED) is 0.611. The van der Waals surface area contributed by atoms with Gasteiger partial charge in [0.2, 0.25) is 0 Å². The third-order valence-corrected chi connectivity index (χ3v) is 3.30. The fraction of sp³-hybridized carbons (Fsp3) is 0.500. The number of hydrogen-bond acceptors (Lipinski definition) is 4. The monoisotopic (exact) mass is 254 g/mol. The Kier molecular flexibility index (Phi) is 4.96. The van der Waals surface area contributed by atoms with E-state index in [1.807, 2.05) is 20.8 Å². The molecule has 4 nitrogen and oxygen atoms in total. The Balaban J connectivity index is 2.63. The van der Waals surface area contributed by atoms with E-state index in [4.69, 9.17) is 4.74 Å². The van der Waals surface area contributed by atoms with Crippen molar-refractivity contribution in [3.8, 4) is 5.75 Å². The summed E-state index contributed by atoms with van der Waals surface area (Å²) in [4.78, 5) is 4.09. The van der Waals surface area contributed by atoms with Crippen LogP contribution >= 0.6 is 0 Å². The lowest BCUT2D eigenvalue weighted by molar-refractivity contribution is 0.414. The van der Waals surface area contributed by atoms with Crippen molar-refractivity contribution >= 4 is 17.6 Å². The van der Waals surface area contributed by atoms with E-state index in [2.05, 4.69) is 9.38 Å². The number of aromatic nitrogens is 1. The summed E-state index contributed by atoms with van der Waals surface area (Å²) in [5.41, 5.74) is 0.649. The number of hydrogen-bond donors (Lipinski definition) is 0. The van der Waals surface area contributed by atoms with Crippen LogP contribution in [0.1, 0.15) is 26.5 Å². The van der Waals surface area contributed by atoms with Crippen molar-refractivity contribution in [2.24, 2.45) is 9.81 Å². The minimum Gasteiger partial charge on any atom is -0.591 e. The molecule has 0 bridgehead atoms. The van der Waals surface area contributed by atoms with Crippen molar-refractivity contribution in [3.05, 3.63) is 24.0 Å². The smallest absolute Gasteiger partial charge is 0.138 e. The van der Waals surface area contributed by atoms with Gasteiger partial charge in [0, 0.05) is 17.7 Å². The average Bonchev–Trinajstić information content (AvgIpc) is 2.24. The maximum Gasteiger partial charge on any atom is 0.138 e. The molecule has 94 valence electrons. The molecule has 1 aromatic rings. The number of rotatable bonds is 4. The van der Waals surface area contributed by atoms with Crippen LogP contribution in [0, 0.1) is 5.41 Å². The van der Waals surface area contributed by atoms with E-state index < -0.39 is 11.4 Å². The highest BCUT2D eigenvalue weighted by Crippen LogP contribution is 2.17. The van der Waals surface area contributed by atoms with Gasteiger partial charge in [0.05, 0.1) is 24.2 Å². The second-order valence-corrected chi connectivity index (χ2v) is 6.02. The topological polar surface area (TPSA) is 57.5 Å². The summed E-state index contributed by atoms with van der Waals surface area (Å²) < 4.78 is 20.7. The molecule has 0 aliphatic rings. The van der Waals surface area contributed by atoms with Crippen molar-refractivity contribution in [1.82, 2.24) is 4.98 Å². The summed E-state index contributed by atoms with van der Waals surface area (Å²) in [5, 5.41) is 0. The van der Waals surface area contributed by atoms with Crippen LogP contribution in [0.15, 0.2) is 22.7 Å². The van der Waals surface area contributed by atoms with E-state index in [1.54, 1.807) is 25.4 Å². The molecule has 0 saturated carbocycles. The molecule has 5 heteroatoms. The summed E-state index contributed by atoms with van der Waals surface area (Å²) in [7, 11) is 1.59. The molecule has 0 aromatic carbocycles. The van der Waals surface area contributed by atoms with Gasteiger partial charge in [-0.1, -0.05) is 25.2 Å². The molecule has 0 radical (unpaired) electrons. The first-order valence-corrected chi connectivity index (χ1v) is 6.61. The minimum atomic E-state index is -1.21. The van der Waals surface area contributed by atoms with Crippen molar-refractivity contribution in [1.29, 1.82) is 0 Å². The van der Waals surface area contributed by atoms with Gasteiger partial charge in [-0.15, -0.1) is 0 Å². The highest BCUT2D eigenvalue weighted by molar-refractivity contribution is 7.90. The summed E-state index contributed by atoms with van der Waals surface area (Å²) >= 11 is -1.21. The van der Waals surface area contributed by atoms with E-state index in [9.17, 15) is 4.55 Å². The molecule has 0 unspecified atom stereocenters. The number of methoxy groups -OCH3 is 1. The fourth-order valence-corrected chi connectivity index (χ4v) is 2.19. The molecule has 0 N–H and O–H groups in total. The molecular weight excluding hydrogens is 236 g/mol. The molecule has 1 rings (SSSR count). The first-order valence-electron chi connectivity index (χ1n) is 5.33. The van der Waals surface area contributed by atoms with Crippen LogP contribution in [0.25, 0.3) is 0 Å². The van der Waals surface area contributed by atoms with Gasteiger partial charge in [0.1, 0.15) is 17.7 Å². The zero-order valence-electron chi connectivity index (χ0n) is 10.6. The molecule has 0 aliphatic carbocycles. The molecule has 0 amide bonds. The Bertz CT molecular complexity index is 388. The highest BCUT2D eigenvalue weighted by Gasteiger charge is 2.19. The van der Waals surface area contributed by atoms with Gasteiger partial charge < -0.3 is 9.29 Å². The maximum absolute atomic E-state index is 11.6. The average molecular weight is 254 g/mol. The Labute approximate surface area is 105 Å². The molecule has 1 heterocycles. The summed E-state index contributed by atoms with van der Waals surface area (Å²) in [6.07, 6.45) is 3.15. The molecule has 0 spiro atoms. The van der Waals surface area contributed by atoms with Gasteiger partial charge in [-0.2, -0.15) is 0 Å². The zero-order chi connectivity index (χ0) is 12.9. The summed E-state index contributed by atoms with van der Waals surface area (Å²) in [6.45, 7) is 6.10. The van der Waals surface area contributed by atoms with Crippen LogP contribution < -0.4 is 4.74 Å². The molecular formula is C12H18N2O2S. The van der Waals surface area contributed by atoms with Crippen molar-refractivity contribution in [2.75, 3.05) is 12.9 Å². The first-order chi connectivity index (χ1) is 7.90. The first kappa shape index (κ1) is 14.0. The fourth-order valence-electron chi connectivity index (χ4n) is 1.15. The van der Waals surface area contributed by atoms with Crippen LogP contribution in [0.4, 0.5) is 0 Å². The van der Waals surface area contributed by atoms with Gasteiger partial charge in [0.25, 0.3) is 0 Å². The predicted octanol–water partition coefficient (Wildman–Crippen LogP) is 2.22. The van der Waals surface area contributed by atoms with Gasteiger partial charge in [0.15, 0.2) is 0 Å². The number of ether oxygens (including phenoxy) is 1. The lowest BCUT2D eigenvalue weighted by Crippen LogP contribution is -2.19. The van der Waals surface area contributed by atoms with Crippen LogP contribution in [0.3, 0.4) is 0 Å². The van der Waals surface area contributed by atoms with E-state index in [-0.39, 0.29) is 5.41 Å². The molecule has 1 aromatic heterocycles. The van der Waals surface area contributed by atoms with Crippen molar-refractivity contribution < 1.29 is 9.29 Å². The number of pyridine rings is 1. The Morgan fingerprint density at radius 2 is 2.24 bits per heavy atom. The Hall–Kier alpha value is -1.07. The van der Waals surface area contributed by atoms with E-state index in [1.165, 1.54) is 6.21 Å². The largest absolute Gasteiger partial charge is 0.591 e. The number of nitrogens with zero attached hydrogens (tertiary/aromatic N) is 2. The Morgan fingerprint density at radius 3 is 2.82 bits per heavy atom. The molecule has 1 atom stereocenters. The molecule has 0 aliphatic heterocycles. The lowest BCUT2D eigenvalue weighted by atomic mass is 10.0. The summed E-state index contributed by atoms with van der Waals surface area (Å²) in [6, 6.07) is 3.50. The maximum atomic E-state index is 11.6. The van der Waals surface area contributed by atoms with Gasteiger partial charge in [-0.25, -0.2) is 0 Å². The normalized spacial score (nSPS) is 13.9. The third kappa shape index (κ3) is 5.70. The van der Waals surface area contributed by atoms with Crippen molar-refractivity contribution in [2.45, 2.75) is 20.8 Å². The van der Waals surface area contributed by atoms with E-state index in [0.29, 0.717) is 17.2 Å². The highest BCUT2D eigenvalue weighted by atomic mass is 32.2. The van der Waals surface area contributed by atoms with E-state index >= 15 is 0 Å². The third-order valence-electron chi connectivity index (χ3n) is 1.85. The van der Waals surface area contributed by atoms with Gasteiger partial charge in [-0.3, -0.25) is 4.98 Å². The van der Waals surface area contributed by atoms with Crippen molar-refractivity contribution in [3.63, 3.8) is 0 Å². The molecule has 0 fully saturated rings. The standard InChI is InChI=1S/C12H18N2O2S/c1-12(2,3)9-17(15)14-8-10-7-11(16-4)5-6-13-10/h5-8H,9H2,1-4H3/b14-8+/t17-/m1/s1. The van der Waals surface area contributed by atoms with E-state index in [0.717, 1.165) is 0 Å². The lowest BCUT2D eigenvalue weighted by Gasteiger charge is -2.16. The van der Waals surface area contributed by atoms with Gasteiger partial charge >= 0.3 is 0 Å². The van der Waals surface area contributed by atoms with Crippen LogP contribution in [0.2, 0.25) is 0 Å². The molecule has 17 heavy (non-hydrogen) atoms. The van der Waals surface area contributed by atoms with Crippen LogP contribution in [0.5, 0.6) is 5.75 Å². The van der Waals surface area contributed by atoms with Gasteiger partial charge in [-0.05, 0) is 6.07 Å². The van der Waals surface area contributed by atoms with Crippen LogP contribution in [-0.4, -0.2) is 28.6 Å². The predicted molar refractivity (Wildman–Crippen MR) is 70.8 cm³/mol. The van der Waals surface area contributed by atoms with Crippen LogP contribution in [-0.2, 0) is 11.4 Å². The summed E-state index contributed by atoms with van der Waals surface area (Å²) in [5.74, 6) is 1.25. The zero-order valence-corrected chi connectivity index (χ0v) is 11.5. The Morgan fingerprint density at radius 1 is 1.53 bits per heavy atom. The second kappa shape index (κ2) is 6.02. The second-order valence-electron chi connectivity index (χ2n) is 4.88. The minimum absolute atomic E-state index is 0.00398. The molecule has 0 saturated heterocycles. The SMILES string of the molecule is COc1ccnc(/C=N/[S@+]([O-])CC(C)(C)C)c1.